The number of aromatic nitrogens is 2. The predicted octanol–water partition coefficient (Wildman–Crippen LogP) is 1.31. The van der Waals surface area contributed by atoms with Gasteiger partial charge in [-0.25, -0.2) is 12.8 Å². The van der Waals surface area contributed by atoms with Crippen molar-refractivity contribution in [3.05, 3.63) is 42.2 Å². The van der Waals surface area contributed by atoms with Gasteiger partial charge in [0.1, 0.15) is 5.82 Å². The fraction of sp³-hybridized carbons (Fsp3) is 0.333. The number of hydrogen-bond acceptors (Lipinski definition) is 6. The zero-order chi connectivity index (χ0) is 17.2. The molecule has 0 saturated carbocycles. The molecule has 9 heteroatoms. The lowest BCUT2D eigenvalue weighted by Crippen LogP contribution is -2.46. The number of benzene rings is 1. The van der Waals surface area contributed by atoms with Crippen LogP contribution in [0.2, 0.25) is 0 Å². The zero-order valence-electron chi connectivity index (χ0n) is 13.2. The molecule has 1 aliphatic heterocycles. The summed E-state index contributed by atoms with van der Waals surface area (Å²) >= 11 is 0. The number of anilines is 3. The highest BCUT2D eigenvalue weighted by Gasteiger charge is 2.19. The number of nitrogens with zero attached hydrogens (tertiary/aromatic N) is 4. The van der Waals surface area contributed by atoms with Crippen LogP contribution in [-0.4, -0.2) is 51.0 Å². The van der Waals surface area contributed by atoms with E-state index in [2.05, 4.69) is 24.7 Å². The molecule has 24 heavy (non-hydrogen) atoms. The van der Waals surface area contributed by atoms with Crippen molar-refractivity contribution in [1.82, 2.24) is 10.2 Å². The Morgan fingerprint density at radius 2 is 1.58 bits per heavy atom. The summed E-state index contributed by atoms with van der Waals surface area (Å²) in [5.74, 6) is 0.662. The van der Waals surface area contributed by atoms with Crippen LogP contribution in [0.15, 0.2) is 36.4 Å². The Morgan fingerprint density at radius 3 is 2.12 bits per heavy atom. The molecule has 128 valence electrons. The number of sulfonamides is 1. The summed E-state index contributed by atoms with van der Waals surface area (Å²) in [7, 11) is -3.36. The van der Waals surface area contributed by atoms with E-state index in [-0.39, 0.29) is 11.6 Å². The van der Waals surface area contributed by atoms with Crippen LogP contribution in [-0.2, 0) is 10.0 Å². The van der Waals surface area contributed by atoms with Crippen LogP contribution < -0.4 is 14.5 Å². The summed E-state index contributed by atoms with van der Waals surface area (Å²) in [5.41, 5.74) is 0.995. The molecule has 0 unspecified atom stereocenters. The molecular weight excluding hydrogens is 333 g/mol. The van der Waals surface area contributed by atoms with Gasteiger partial charge >= 0.3 is 0 Å². The van der Waals surface area contributed by atoms with E-state index in [0.717, 1.165) is 38.1 Å². The molecule has 0 atom stereocenters. The molecule has 2 heterocycles. The van der Waals surface area contributed by atoms with Crippen LogP contribution in [0.5, 0.6) is 0 Å². The topological polar surface area (TPSA) is 78.4 Å². The fourth-order valence-corrected chi connectivity index (χ4v) is 3.07. The second-order valence-electron chi connectivity index (χ2n) is 5.60. The summed E-state index contributed by atoms with van der Waals surface area (Å²) in [6, 6.07) is 9.80. The average molecular weight is 351 g/mol. The maximum atomic E-state index is 13.0. The van der Waals surface area contributed by atoms with Crippen molar-refractivity contribution in [2.75, 3.05) is 47.0 Å². The molecule has 3 rings (SSSR count). The average Bonchev–Trinajstić information content (AvgIpc) is 2.55. The van der Waals surface area contributed by atoms with Gasteiger partial charge in [-0.1, -0.05) is 0 Å². The minimum Gasteiger partial charge on any atom is -0.368 e. The summed E-state index contributed by atoms with van der Waals surface area (Å²) in [6.45, 7) is 3.09. The van der Waals surface area contributed by atoms with E-state index >= 15 is 0 Å². The normalized spacial score (nSPS) is 15.4. The molecule has 1 aromatic carbocycles. The van der Waals surface area contributed by atoms with Gasteiger partial charge in [-0.2, -0.15) is 0 Å². The van der Waals surface area contributed by atoms with Gasteiger partial charge < -0.3 is 9.80 Å². The van der Waals surface area contributed by atoms with Gasteiger partial charge in [-0.05, 0) is 36.4 Å². The van der Waals surface area contributed by atoms with Crippen molar-refractivity contribution in [3.8, 4) is 0 Å². The number of halogens is 1. The minimum atomic E-state index is -3.36. The van der Waals surface area contributed by atoms with Crippen LogP contribution in [0, 0.1) is 5.82 Å². The van der Waals surface area contributed by atoms with Crippen LogP contribution in [0.3, 0.4) is 0 Å². The number of piperazine rings is 1. The van der Waals surface area contributed by atoms with E-state index in [1.807, 2.05) is 0 Å². The molecule has 1 aliphatic rings. The lowest BCUT2D eigenvalue weighted by molar-refractivity contribution is 0.606. The first-order valence-electron chi connectivity index (χ1n) is 7.48. The molecule has 1 aromatic heterocycles. The summed E-state index contributed by atoms with van der Waals surface area (Å²) < 4.78 is 37.6. The molecular formula is C15H18FN5O2S. The Kier molecular flexibility index (Phi) is 4.52. The first-order chi connectivity index (χ1) is 11.4. The molecule has 0 radical (unpaired) electrons. The third-order valence-electron chi connectivity index (χ3n) is 3.74. The molecule has 0 aliphatic carbocycles. The fourth-order valence-electron chi connectivity index (χ4n) is 2.58. The second kappa shape index (κ2) is 6.60. The lowest BCUT2D eigenvalue weighted by atomic mass is 10.2. The maximum Gasteiger partial charge on any atom is 0.231 e. The summed E-state index contributed by atoms with van der Waals surface area (Å²) in [6.07, 6.45) is 1.07. The van der Waals surface area contributed by atoms with Crippen molar-refractivity contribution >= 4 is 27.3 Å². The number of rotatable bonds is 4. The van der Waals surface area contributed by atoms with E-state index in [9.17, 15) is 12.8 Å². The predicted molar refractivity (Wildman–Crippen MR) is 91.3 cm³/mol. The van der Waals surface area contributed by atoms with E-state index in [1.165, 1.54) is 12.1 Å². The highest BCUT2D eigenvalue weighted by Crippen LogP contribution is 2.19. The van der Waals surface area contributed by atoms with Gasteiger partial charge in [0.25, 0.3) is 0 Å². The standard InChI is InChI=1S/C15H18FN5O2S/c1-24(22,23)19-14-6-7-15(18-17-14)21-10-8-20(9-11-21)13-4-2-12(16)3-5-13/h2-7H,8-11H2,1H3,(H,17,19). The first-order valence-corrected chi connectivity index (χ1v) is 9.37. The Balaban J connectivity index is 1.61. The molecule has 0 bridgehead atoms. The van der Waals surface area contributed by atoms with Gasteiger partial charge in [0.05, 0.1) is 6.26 Å². The quantitative estimate of drug-likeness (QED) is 0.895. The van der Waals surface area contributed by atoms with E-state index < -0.39 is 10.0 Å². The van der Waals surface area contributed by atoms with Crippen LogP contribution in [0.25, 0.3) is 0 Å². The van der Waals surface area contributed by atoms with Crippen molar-refractivity contribution < 1.29 is 12.8 Å². The Labute approximate surface area is 140 Å². The van der Waals surface area contributed by atoms with Gasteiger partial charge in [0.15, 0.2) is 11.6 Å². The van der Waals surface area contributed by atoms with E-state index in [1.54, 1.807) is 24.3 Å². The molecule has 1 saturated heterocycles. The monoisotopic (exact) mass is 351 g/mol. The molecule has 7 nitrogen and oxygen atoms in total. The smallest absolute Gasteiger partial charge is 0.231 e. The van der Waals surface area contributed by atoms with Gasteiger partial charge in [-0.3, -0.25) is 4.72 Å². The first kappa shape index (κ1) is 16.4. The molecule has 1 N–H and O–H groups in total. The van der Waals surface area contributed by atoms with Gasteiger partial charge in [0.2, 0.25) is 10.0 Å². The van der Waals surface area contributed by atoms with Gasteiger partial charge in [0, 0.05) is 31.9 Å². The Bertz CT molecular complexity index is 788. The molecule has 1 fully saturated rings. The number of nitrogens with one attached hydrogen (secondary N) is 1. The SMILES string of the molecule is CS(=O)(=O)Nc1ccc(N2CCN(c3ccc(F)cc3)CC2)nn1. The summed E-state index contributed by atoms with van der Waals surface area (Å²) in [4.78, 5) is 4.26. The van der Waals surface area contributed by atoms with E-state index in [4.69, 9.17) is 0 Å². The number of hydrogen-bond donors (Lipinski definition) is 1. The second-order valence-corrected chi connectivity index (χ2v) is 7.35. The van der Waals surface area contributed by atoms with Crippen molar-refractivity contribution in [1.29, 1.82) is 0 Å². The van der Waals surface area contributed by atoms with Crippen molar-refractivity contribution in [2.24, 2.45) is 0 Å². The maximum absolute atomic E-state index is 13.0. The highest BCUT2D eigenvalue weighted by molar-refractivity contribution is 7.92. The Morgan fingerprint density at radius 1 is 0.958 bits per heavy atom. The van der Waals surface area contributed by atoms with Crippen LogP contribution >= 0.6 is 0 Å². The van der Waals surface area contributed by atoms with Crippen molar-refractivity contribution in [3.63, 3.8) is 0 Å². The highest BCUT2D eigenvalue weighted by atomic mass is 32.2. The van der Waals surface area contributed by atoms with Crippen LogP contribution in [0.4, 0.5) is 21.7 Å². The van der Waals surface area contributed by atoms with E-state index in [0.29, 0.717) is 5.82 Å². The molecule has 0 spiro atoms. The Hall–Kier alpha value is -2.42. The molecule has 2 aromatic rings. The van der Waals surface area contributed by atoms with Gasteiger partial charge in [-0.15, -0.1) is 10.2 Å². The van der Waals surface area contributed by atoms with Crippen LogP contribution in [0.1, 0.15) is 0 Å². The lowest BCUT2D eigenvalue weighted by Gasteiger charge is -2.36. The third kappa shape index (κ3) is 4.10. The molecule has 0 amide bonds. The van der Waals surface area contributed by atoms with Crippen molar-refractivity contribution in [2.45, 2.75) is 0 Å². The zero-order valence-corrected chi connectivity index (χ0v) is 14.0. The minimum absolute atomic E-state index is 0.200. The largest absolute Gasteiger partial charge is 0.368 e. The summed E-state index contributed by atoms with van der Waals surface area (Å²) in [5, 5.41) is 7.97. The third-order valence-corrected chi connectivity index (χ3v) is 4.32.